The zero-order valence-electron chi connectivity index (χ0n) is 12.9. The van der Waals surface area contributed by atoms with Crippen LogP contribution in [0.2, 0.25) is 0 Å². The lowest BCUT2D eigenvalue weighted by atomic mass is 10.0. The van der Waals surface area contributed by atoms with E-state index >= 15 is 0 Å². The molecule has 1 aliphatic heterocycles. The molecule has 0 aromatic heterocycles. The minimum Gasteiger partial charge on any atom is -0.483 e. The van der Waals surface area contributed by atoms with E-state index in [1.807, 2.05) is 30.0 Å². The first-order chi connectivity index (χ1) is 10.6. The molecule has 0 spiro atoms. The van der Waals surface area contributed by atoms with E-state index in [1.165, 1.54) is 0 Å². The lowest BCUT2D eigenvalue weighted by Crippen LogP contribution is -2.34. The van der Waals surface area contributed by atoms with Gasteiger partial charge in [0.2, 0.25) is 0 Å². The molecule has 0 bridgehead atoms. The van der Waals surface area contributed by atoms with Crippen molar-refractivity contribution in [1.29, 1.82) is 0 Å². The fraction of sp³-hybridized carbons (Fsp3) is 0.500. The standard InChI is InChI=1S/C16H23N3O3/c1-2-13(18-16(17)21)12-7-3-4-8-14(12)22-11-15(20)19-9-5-6-10-19/h3-4,7-8,13H,2,5-6,9-11H2,1H3,(H3,17,18,21). The van der Waals surface area contributed by atoms with Crippen molar-refractivity contribution in [3.05, 3.63) is 29.8 Å². The molecule has 3 amide bonds. The zero-order chi connectivity index (χ0) is 15.9. The van der Waals surface area contributed by atoms with Crippen molar-refractivity contribution in [3.8, 4) is 5.75 Å². The van der Waals surface area contributed by atoms with Gasteiger partial charge in [-0.2, -0.15) is 0 Å². The molecule has 1 fully saturated rings. The molecular weight excluding hydrogens is 282 g/mol. The second-order valence-electron chi connectivity index (χ2n) is 5.38. The van der Waals surface area contributed by atoms with Crippen molar-refractivity contribution >= 4 is 11.9 Å². The van der Waals surface area contributed by atoms with E-state index < -0.39 is 6.03 Å². The number of urea groups is 1. The van der Waals surface area contributed by atoms with E-state index in [0.29, 0.717) is 12.2 Å². The summed E-state index contributed by atoms with van der Waals surface area (Å²) < 4.78 is 5.69. The van der Waals surface area contributed by atoms with Crippen molar-refractivity contribution in [2.24, 2.45) is 5.73 Å². The van der Waals surface area contributed by atoms with E-state index in [2.05, 4.69) is 5.32 Å². The van der Waals surface area contributed by atoms with Gasteiger partial charge in [-0.15, -0.1) is 0 Å². The van der Waals surface area contributed by atoms with Gasteiger partial charge in [0, 0.05) is 18.7 Å². The Balaban J connectivity index is 2.03. The normalized spacial score (nSPS) is 15.4. The largest absolute Gasteiger partial charge is 0.483 e. The highest BCUT2D eigenvalue weighted by atomic mass is 16.5. The zero-order valence-corrected chi connectivity index (χ0v) is 12.9. The lowest BCUT2D eigenvalue weighted by Gasteiger charge is -2.21. The quantitative estimate of drug-likeness (QED) is 0.840. The molecule has 6 heteroatoms. The lowest BCUT2D eigenvalue weighted by molar-refractivity contribution is -0.132. The summed E-state index contributed by atoms with van der Waals surface area (Å²) in [7, 11) is 0. The number of nitrogens with two attached hydrogens (primary N) is 1. The maximum Gasteiger partial charge on any atom is 0.312 e. The molecule has 0 saturated carbocycles. The molecule has 1 heterocycles. The molecule has 120 valence electrons. The number of nitrogens with zero attached hydrogens (tertiary/aromatic N) is 1. The number of hydrogen-bond acceptors (Lipinski definition) is 3. The number of nitrogens with one attached hydrogen (secondary N) is 1. The summed E-state index contributed by atoms with van der Waals surface area (Å²) in [6, 6.07) is 6.59. The van der Waals surface area contributed by atoms with Crippen LogP contribution in [0, 0.1) is 0 Å². The van der Waals surface area contributed by atoms with Gasteiger partial charge in [-0.3, -0.25) is 4.79 Å². The molecular formula is C16H23N3O3. The number of benzene rings is 1. The number of carbonyl (C=O) groups excluding carboxylic acids is 2. The van der Waals surface area contributed by atoms with Gasteiger partial charge in [-0.05, 0) is 25.3 Å². The summed E-state index contributed by atoms with van der Waals surface area (Å²) in [5, 5.41) is 2.69. The Morgan fingerprint density at radius 3 is 2.64 bits per heavy atom. The Morgan fingerprint density at radius 1 is 1.32 bits per heavy atom. The van der Waals surface area contributed by atoms with Crippen LogP contribution in [0.15, 0.2) is 24.3 Å². The van der Waals surface area contributed by atoms with Crippen molar-refractivity contribution < 1.29 is 14.3 Å². The Labute approximate surface area is 130 Å². The van der Waals surface area contributed by atoms with Crippen molar-refractivity contribution in [1.82, 2.24) is 10.2 Å². The maximum atomic E-state index is 12.1. The van der Waals surface area contributed by atoms with Gasteiger partial charge in [-0.25, -0.2) is 4.79 Å². The Bertz CT molecular complexity index is 527. The number of ether oxygens (including phenoxy) is 1. The summed E-state index contributed by atoms with van der Waals surface area (Å²) >= 11 is 0. The molecule has 1 saturated heterocycles. The number of amides is 3. The first kappa shape index (κ1) is 16.1. The van der Waals surface area contributed by atoms with E-state index in [-0.39, 0.29) is 18.6 Å². The predicted octanol–water partition coefficient (Wildman–Crippen LogP) is 1.81. The third kappa shape index (κ3) is 4.13. The Hall–Kier alpha value is -2.24. The maximum absolute atomic E-state index is 12.1. The van der Waals surface area contributed by atoms with Crippen LogP contribution in [-0.4, -0.2) is 36.5 Å². The highest BCUT2D eigenvalue weighted by Crippen LogP contribution is 2.27. The van der Waals surface area contributed by atoms with Crippen LogP contribution in [-0.2, 0) is 4.79 Å². The summed E-state index contributed by atoms with van der Waals surface area (Å²) in [5.74, 6) is 0.610. The molecule has 0 radical (unpaired) electrons. The van der Waals surface area contributed by atoms with E-state index in [0.717, 1.165) is 31.5 Å². The average molecular weight is 305 g/mol. The molecule has 1 aliphatic rings. The Morgan fingerprint density at radius 2 is 2.00 bits per heavy atom. The second kappa shape index (κ2) is 7.68. The number of hydrogen-bond donors (Lipinski definition) is 2. The van der Waals surface area contributed by atoms with Gasteiger partial charge in [0.25, 0.3) is 5.91 Å². The van der Waals surface area contributed by atoms with Crippen LogP contribution in [0.4, 0.5) is 4.79 Å². The monoisotopic (exact) mass is 305 g/mol. The molecule has 1 aromatic carbocycles. The third-order valence-electron chi connectivity index (χ3n) is 3.83. The van der Waals surface area contributed by atoms with Gasteiger partial charge in [-0.1, -0.05) is 25.1 Å². The summed E-state index contributed by atoms with van der Waals surface area (Å²) in [6.45, 7) is 3.59. The first-order valence-electron chi connectivity index (χ1n) is 7.67. The van der Waals surface area contributed by atoms with Gasteiger partial charge < -0.3 is 20.7 Å². The van der Waals surface area contributed by atoms with E-state index in [9.17, 15) is 9.59 Å². The molecule has 6 nitrogen and oxygen atoms in total. The topological polar surface area (TPSA) is 84.7 Å². The number of para-hydroxylation sites is 1. The van der Waals surface area contributed by atoms with Crippen LogP contribution in [0.5, 0.6) is 5.75 Å². The molecule has 1 aromatic rings. The fourth-order valence-electron chi connectivity index (χ4n) is 2.67. The SMILES string of the molecule is CCC(NC(N)=O)c1ccccc1OCC(=O)N1CCCC1. The highest BCUT2D eigenvalue weighted by molar-refractivity contribution is 5.78. The number of likely N-dealkylation sites (tertiary alicyclic amines) is 1. The summed E-state index contributed by atoms with van der Waals surface area (Å²) in [4.78, 5) is 25.0. The number of primary amides is 1. The predicted molar refractivity (Wildman–Crippen MR) is 83.5 cm³/mol. The van der Waals surface area contributed by atoms with Gasteiger partial charge in [0.05, 0.1) is 6.04 Å². The second-order valence-corrected chi connectivity index (χ2v) is 5.38. The molecule has 1 unspecified atom stereocenters. The van der Waals surface area contributed by atoms with Crippen molar-refractivity contribution in [3.63, 3.8) is 0 Å². The average Bonchev–Trinajstić information content (AvgIpc) is 3.05. The minimum absolute atomic E-state index is 0.00297. The summed E-state index contributed by atoms with van der Waals surface area (Å²) in [6.07, 6.45) is 2.80. The van der Waals surface area contributed by atoms with Crippen molar-refractivity contribution in [2.75, 3.05) is 19.7 Å². The minimum atomic E-state index is -0.574. The molecule has 22 heavy (non-hydrogen) atoms. The van der Waals surface area contributed by atoms with Gasteiger partial charge >= 0.3 is 6.03 Å². The van der Waals surface area contributed by atoms with Crippen LogP contribution in [0.25, 0.3) is 0 Å². The number of carbonyl (C=O) groups is 2. The Kier molecular flexibility index (Phi) is 5.63. The third-order valence-corrected chi connectivity index (χ3v) is 3.83. The highest BCUT2D eigenvalue weighted by Gasteiger charge is 2.20. The molecule has 1 atom stereocenters. The van der Waals surface area contributed by atoms with Crippen LogP contribution >= 0.6 is 0 Å². The fourth-order valence-corrected chi connectivity index (χ4v) is 2.67. The molecule has 0 aliphatic carbocycles. The van der Waals surface area contributed by atoms with Crippen LogP contribution < -0.4 is 15.8 Å². The first-order valence-corrected chi connectivity index (χ1v) is 7.67. The summed E-state index contributed by atoms with van der Waals surface area (Å²) in [5.41, 5.74) is 6.04. The van der Waals surface area contributed by atoms with Crippen LogP contribution in [0.3, 0.4) is 0 Å². The van der Waals surface area contributed by atoms with Crippen LogP contribution in [0.1, 0.15) is 37.8 Å². The smallest absolute Gasteiger partial charge is 0.312 e. The molecule has 2 rings (SSSR count). The molecule has 3 N–H and O–H groups in total. The van der Waals surface area contributed by atoms with E-state index in [4.69, 9.17) is 10.5 Å². The number of rotatable bonds is 6. The van der Waals surface area contributed by atoms with Crippen molar-refractivity contribution in [2.45, 2.75) is 32.2 Å². The van der Waals surface area contributed by atoms with Gasteiger partial charge in [0.1, 0.15) is 5.75 Å². The van der Waals surface area contributed by atoms with Gasteiger partial charge in [0.15, 0.2) is 6.61 Å². The van der Waals surface area contributed by atoms with E-state index in [1.54, 1.807) is 6.07 Å².